The van der Waals surface area contributed by atoms with Gasteiger partial charge in [-0.05, 0) is 79.3 Å². The van der Waals surface area contributed by atoms with Crippen LogP contribution in [0.3, 0.4) is 0 Å². The fourth-order valence-corrected chi connectivity index (χ4v) is 4.68. The van der Waals surface area contributed by atoms with E-state index in [2.05, 4.69) is 59.1 Å². The van der Waals surface area contributed by atoms with Crippen LogP contribution in [0.15, 0.2) is 103 Å². The topological polar surface area (TPSA) is 69.4 Å². The van der Waals surface area contributed by atoms with Crippen LogP contribution in [0.2, 0.25) is 0 Å². The SMILES string of the molecule is C=C/C(=C\C(=C/C)C(=C)/C=c1/c(-c2cc3c(-c4cccc(F)c4)cncc3[nH]2)n[nH]/c1=C/C)NC(=C)CC(C)C. The molecule has 6 heteroatoms. The van der Waals surface area contributed by atoms with E-state index in [4.69, 9.17) is 0 Å². The zero-order valence-electron chi connectivity index (χ0n) is 23.6. The van der Waals surface area contributed by atoms with E-state index in [0.717, 1.165) is 72.9 Å². The number of pyridine rings is 1. The summed E-state index contributed by atoms with van der Waals surface area (Å²) in [7, 11) is 0. The van der Waals surface area contributed by atoms with Crippen molar-refractivity contribution in [2.45, 2.75) is 34.1 Å². The summed E-state index contributed by atoms with van der Waals surface area (Å²) in [6, 6.07) is 8.56. The molecule has 3 N–H and O–H groups in total. The number of fused-ring (bicyclic) bond motifs is 1. The number of H-pyrrole nitrogens is 2. The summed E-state index contributed by atoms with van der Waals surface area (Å²) in [5.74, 6) is 0.216. The minimum atomic E-state index is -0.288. The molecule has 4 aromatic rings. The van der Waals surface area contributed by atoms with Gasteiger partial charge in [-0.2, -0.15) is 5.10 Å². The van der Waals surface area contributed by atoms with Gasteiger partial charge in [-0.25, -0.2) is 4.39 Å². The van der Waals surface area contributed by atoms with Crippen molar-refractivity contribution in [2.75, 3.05) is 0 Å². The van der Waals surface area contributed by atoms with Gasteiger partial charge in [0, 0.05) is 33.8 Å². The highest BCUT2D eigenvalue weighted by Gasteiger charge is 2.13. The summed E-state index contributed by atoms with van der Waals surface area (Å²) in [6.45, 7) is 20.7. The quantitative estimate of drug-likeness (QED) is 0.191. The summed E-state index contributed by atoms with van der Waals surface area (Å²) in [4.78, 5) is 7.83. The number of nitrogens with zero attached hydrogens (tertiary/aromatic N) is 2. The summed E-state index contributed by atoms with van der Waals surface area (Å²) in [5.41, 5.74) is 7.59. The number of hydrogen-bond donors (Lipinski definition) is 3. The molecule has 3 heterocycles. The van der Waals surface area contributed by atoms with E-state index < -0.39 is 0 Å². The van der Waals surface area contributed by atoms with Crippen molar-refractivity contribution in [2.24, 2.45) is 5.92 Å². The molecule has 0 saturated heterocycles. The van der Waals surface area contributed by atoms with Crippen LogP contribution < -0.4 is 15.9 Å². The maximum Gasteiger partial charge on any atom is 0.123 e. The highest BCUT2D eigenvalue weighted by atomic mass is 19.1. The van der Waals surface area contributed by atoms with E-state index >= 15 is 0 Å². The van der Waals surface area contributed by atoms with Gasteiger partial charge in [0.2, 0.25) is 0 Å². The molecule has 0 radical (unpaired) electrons. The minimum Gasteiger partial charge on any atom is -0.359 e. The molecule has 4 rings (SSSR count). The Morgan fingerprint density at radius 3 is 2.62 bits per heavy atom. The van der Waals surface area contributed by atoms with E-state index in [1.807, 2.05) is 50.3 Å². The number of hydrogen-bond acceptors (Lipinski definition) is 3. The normalized spacial score (nSPS) is 13.3. The number of rotatable bonds is 10. The molecule has 0 bridgehead atoms. The lowest BCUT2D eigenvalue weighted by Crippen LogP contribution is -2.23. The van der Waals surface area contributed by atoms with Crippen molar-refractivity contribution in [3.63, 3.8) is 0 Å². The van der Waals surface area contributed by atoms with Gasteiger partial charge in [-0.3, -0.25) is 10.1 Å². The molecule has 0 aliphatic rings. The summed E-state index contributed by atoms with van der Waals surface area (Å²) in [5, 5.41) is 13.9. The number of nitrogens with one attached hydrogen (secondary N) is 3. The predicted molar refractivity (Wildman–Crippen MR) is 166 cm³/mol. The van der Waals surface area contributed by atoms with Crippen molar-refractivity contribution in [3.8, 4) is 22.5 Å². The van der Waals surface area contributed by atoms with Gasteiger partial charge in [-0.1, -0.05) is 57.9 Å². The van der Waals surface area contributed by atoms with Gasteiger partial charge < -0.3 is 10.3 Å². The zero-order chi connectivity index (χ0) is 28.8. The van der Waals surface area contributed by atoms with Crippen LogP contribution in [0, 0.1) is 11.7 Å². The Morgan fingerprint density at radius 2 is 1.95 bits per heavy atom. The van der Waals surface area contributed by atoms with Crippen LogP contribution in [-0.4, -0.2) is 20.2 Å². The van der Waals surface area contributed by atoms with E-state index in [1.54, 1.807) is 24.5 Å². The molecular weight excluding hydrogens is 497 g/mol. The third-order valence-electron chi connectivity index (χ3n) is 6.57. The van der Waals surface area contributed by atoms with E-state index in [0.29, 0.717) is 5.92 Å². The molecule has 0 saturated carbocycles. The monoisotopic (exact) mass is 533 g/mol. The first-order valence-electron chi connectivity index (χ1n) is 13.3. The smallest absolute Gasteiger partial charge is 0.123 e. The third-order valence-corrected chi connectivity index (χ3v) is 6.57. The standard InChI is InChI=1S/C34H36FN5/c1-8-24(17-27(9-2)37-23(7)14-21(4)5)22(6)15-29-31(10-3)39-40-34(29)32-18-28-30(19-36-20-33(28)38-32)25-12-11-13-26(35)16-25/h8-13,15-21,37-39H,2,6-7,14H2,1,3-5H3/b24-8+,27-17+,29-15+,31-10+. The lowest BCUT2D eigenvalue weighted by Gasteiger charge is -2.13. The summed E-state index contributed by atoms with van der Waals surface area (Å²) in [6.07, 6.45) is 14.2. The van der Waals surface area contributed by atoms with E-state index in [9.17, 15) is 4.39 Å². The molecule has 1 aromatic carbocycles. The molecule has 0 aliphatic carbocycles. The van der Waals surface area contributed by atoms with E-state index in [1.165, 1.54) is 12.1 Å². The number of halogens is 1. The Kier molecular flexibility index (Phi) is 8.80. The first kappa shape index (κ1) is 28.3. The second-order valence-electron chi connectivity index (χ2n) is 10.1. The Hall–Kier alpha value is -4.71. The van der Waals surface area contributed by atoms with Crippen LogP contribution in [0.5, 0.6) is 0 Å². The second kappa shape index (κ2) is 12.4. The molecule has 5 nitrogen and oxygen atoms in total. The van der Waals surface area contributed by atoms with Crippen LogP contribution in [-0.2, 0) is 0 Å². The maximum atomic E-state index is 14.0. The molecule has 0 unspecified atom stereocenters. The van der Waals surface area contributed by atoms with Gasteiger partial charge in [0.1, 0.15) is 11.5 Å². The van der Waals surface area contributed by atoms with Gasteiger partial charge in [-0.15, -0.1) is 0 Å². The van der Waals surface area contributed by atoms with Gasteiger partial charge in [0.25, 0.3) is 0 Å². The number of allylic oxidation sites excluding steroid dienone is 6. The van der Waals surface area contributed by atoms with Gasteiger partial charge >= 0.3 is 0 Å². The van der Waals surface area contributed by atoms with Gasteiger partial charge in [0.15, 0.2) is 0 Å². The summed E-state index contributed by atoms with van der Waals surface area (Å²) >= 11 is 0. The third kappa shape index (κ3) is 6.29. The van der Waals surface area contributed by atoms with Crippen LogP contribution in [0.1, 0.15) is 34.1 Å². The van der Waals surface area contributed by atoms with Crippen LogP contribution in [0.4, 0.5) is 4.39 Å². The Morgan fingerprint density at radius 1 is 1.15 bits per heavy atom. The zero-order valence-corrected chi connectivity index (χ0v) is 23.6. The fraction of sp³-hybridized carbons (Fsp3) is 0.176. The average Bonchev–Trinajstić information content (AvgIpc) is 3.54. The number of benzene rings is 1. The highest BCUT2D eigenvalue weighted by Crippen LogP contribution is 2.30. The van der Waals surface area contributed by atoms with Crippen molar-refractivity contribution in [3.05, 3.63) is 120 Å². The first-order valence-corrected chi connectivity index (χ1v) is 13.3. The minimum absolute atomic E-state index is 0.288. The van der Waals surface area contributed by atoms with Crippen LogP contribution in [0.25, 0.3) is 45.6 Å². The molecule has 0 atom stereocenters. The lowest BCUT2D eigenvalue weighted by molar-refractivity contribution is 0.622. The molecule has 204 valence electrons. The van der Waals surface area contributed by atoms with Crippen molar-refractivity contribution in [1.29, 1.82) is 0 Å². The molecular formula is C34H36FN5. The van der Waals surface area contributed by atoms with Crippen molar-refractivity contribution in [1.82, 2.24) is 25.5 Å². The van der Waals surface area contributed by atoms with Crippen molar-refractivity contribution < 1.29 is 4.39 Å². The largest absolute Gasteiger partial charge is 0.359 e. The fourth-order valence-electron chi connectivity index (χ4n) is 4.68. The predicted octanol–water partition coefficient (Wildman–Crippen LogP) is 7.06. The molecule has 40 heavy (non-hydrogen) atoms. The highest BCUT2D eigenvalue weighted by molar-refractivity contribution is 5.97. The molecule has 3 aromatic heterocycles. The van der Waals surface area contributed by atoms with Crippen molar-refractivity contribution >= 4 is 23.1 Å². The molecule has 0 amide bonds. The molecule has 0 aliphatic heterocycles. The maximum absolute atomic E-state index is 14.0. The Balaban J connectivity index is 1.76. The summed E-state index contributed by atoms with van der Waals surface area (Å²) < 4.78 is 14.0. The Labute approximate surface area is 235 Å². The van der Waals surface area contributed by atoms with Crippen LogP contribution >= 0.6 is 0 Å². The van der Waals surface area contributed by atoms with Gasteiger partial charge in [0.05, 0.1) is 22.8 Å². The molecule has 0 fully saturated rings. The van der Waals surface area contributed by atoms with E-state index in [-0.39, 0.29) is 5.82 Å². The Bertz CT molecular complexity index is 1760. The second-order valence-corrected chi connectivity index (χ2v) is 10.1. The average molecular weight is 534 g/mol. The number of aromatic nitrogens is 4. The first-order chi connectivity index (χ1) is 19.2. The molecule has 0 spiro atoms. The lowest BCUT2D eigenvalue weighted by atomic mass is 10.0. The number of aromatic amines is 2.